The number of likely N-dealkylation sites (tertiary alicyclic amines) is 1. The summed E-state index contributed by atoms with van der Waals surface area (Å²) in [6.07, 6.45) is 2.16. The molecule has 0 bridgehead atoms. The molecule has 1 fully saturated rings. The molecule has 110 valence electrons. The number of anilines is 1. The van der Waals surface area contributed by atoms with E-state index in [0.29, 0.717) is 11.6 Å². The summed E-state index contributed by atoms with van der Waals surface area (Å²) >= 11 is 0. The molecule has 0 atom stereocenters. The van der Waals surface area contributed by atoms with Crippen LogP contribution in [0, 0.1) is 5.92 Å². The fourth-order valence-corrected chi connectivity index (χ4v) is 2.87. The summed E-state index contributed by atoms with van der Waals surface area (Å²) in [7, 11) is 1.87. The summed E-state index contributed by atoms with van der Waals surface area (Å²) in [5.74, 6) is 0.760. The molecule has 1 N–H and O–H groups in total. The predicted molar refractivity (Wildman–Crippen MR) is 85.6 cm³/mol. The molecule has 2 aromatic rings. The highest BCUT2D eigenvalue weighted by Gasteiger charge is 2.23. The van der Waals surface area contributed by atoms with Crippen LogP contribution in [0.15, 0.2) is 30.3 Å². The lowest BCUT2D eigenvalue weighted by Crippen LogP contribution is -2.38. The van der Waals surface area contributed by atoms with Gasteiger partial charge in [0.25, 0.3) is 5.91 Å². The molecule has 2 heterocycles. The van der Waals surface area contributed by atoms with Crippen LogP contribution in [0.3, 0.4) is 0 Å². The third-order valence-electron chi connectivity index (χ3n) is 4.28. The van der Waals surface area contributed by atoms with Gasteiger partial charge in [0.2, 0.25) is 0 Å². The number of benzene rings is 1. The summed E-state index contributed by atoms with van der Waals surface area (Å²) in [4.78, 5) is 19.1. The van der Waals surface area contributed by atoms with Gasteiger partial charge in [0.05, 0.1) is 5.52 Å². The Kier molecular flexibility index (Phi) is 3.78. The zero-order valence-electron chi connectivity index (χ0n) is 12.6. The Hall–Kier alpha value is -2.10. The average Bonchev–Trinajstić information content (AvgIpc) is 2.53. The van der Waals surface area contributed by atoms with Gasteiger partial charge in [-0.25, -0.2) is 4.98 Å². The first-order valence-corrected chi connectivity index (χ1v) is 7.56. The summed E-state index contributed by atoms with van der Waals surface area (Å²) in [5.41, 5.74) is 2.35. The Bertz CT molecular complexity index is 660. The van der Waals surface area contributed by atoms with E-state index < -0.39 is 0 Å². The first-order valence-electron chi connectivity index (χ1n) is 7.56. The molecule has 0 spiro atoms. The molecule has 4 nitrogen and oxygen atoms in total. The fraction of sp³-hybridized carbons (Fsp3) is 0.412. The summed E-state index contributed by atoms with van der Waals surface area (Å²) in [6, 6.07) is 9.77. The van der Waals surface area contributed by atoms with Crippen molar-refractivity contribution < 1.29 is 4.79 Å². The van der Waals surface area contributed by atoms with Crippen molar-refractivity contribution >= 4 is 22.5 Å². The lowest BCUT2D eigenvalue weighted by Gasteiger charge is -2.30. The van der Waals surface area contributed by atoms with E-state index in [9.17, 15) is 4.79 Å². The average molecular weight is 283 g/mol. The van der Waals surface area contributed by atoms with E-state index in [2.05, 4.69) is 17.2 Å². The molecule has 1 saturated heterocycles. The third kappa shape index (κ3) is 2.71. The van der Waals surface area contributed by atoms with Crippen molar-refractivity contribution in [1.82, 2.24) is 9.88 Å². The van der Waals surface area contributed by atoms with Gasteiger partial charge >= 0.3 is 0 Å². The van der Waals surface area contributed by atoms with Gasteiger partial charge in [-0.1, -0.05) is 25.1 Å². The van der Waals surface area contributed by atoms with E-state index in [1.807, 2.05) is 42.3 Å². The number of piperidine rings is 1. The second-order valence-electron chi connectivity index (χ2n) is 5.80. The molecule has 0 aliphatic carbocycles. The Labute approximate surface area is 125 Å². The topological polar surface area (TPSA) is 45.2 Å². The van der Waals surface area contributed by atoms with Gasteiger partial charge in [-0.2, -0.15) is 0 Å². The molecule has 1 amide bonds. The molecule has 21 heavy (non-hydrogen) atoms. The third-order valence-corrected chi connectivity index (χ3v) is 4.28. The van der Waals surface area contributed by atoms with Crippen molar-refractivity contribution in [3.63, 3.8) is 0 Å². The second kappa shape index (κ2) is 5.72. The standard InChI is InChI=1S/C17H21N3O/c1-12-7-9-20(10-8-12)17(21)16-11-15(18-2)13-5-3-4-6-14(13)19-16/h3-6,11-12H,7-10H2,1-2H3,(H,18,19). The molecule has 3 rings (SSSR count). The first-order chi connectivity index (χ1) is 10.2. The predicted octanol–water partition coefficient (Wildman–Crippen LogP) is 3.15. The normalized spacial score (nSPS) is 16.2. The van der Waals surface area contributed by atoms with E-state index in [1.54, 1.807) is 0 Å². The number of fused-ring (bicyclic) bond motifs is 1. The van der Waals surface area contributed by atoms with Gasteiger partial charge in [0, 0.05) is 31.2 Å². The summed E-state index contributed by atoms with van der Waals surface area (Å²) in [5, 5.41) is 4.21. The highest BCUT2D eigenvalue weighted by atomic mass is 16.2. The van der Waals surface area contributed by atoms with Crippen LogP contribution in [0.1, 0.15) is 30.3 Å². The van der Waals surface area contributed by atoms with Gasteiger partial charge in [-0.05, 0) is 30.9 Å². The lowest BCUT2D eigenvalue weighted by molar-refractivity contribution is 0.0692. The quantitative estimate of drug-likeness (QED) is 0.921. The van der Waals surface area contributed by atoms with Crippen LogP contribution in [0.25, 0.3) is 10.9 Å². The molecule has 1 aliphatic rings. The highest BCUT2D eigenvalue weighted by molar-refractivity contribution is 5.99. The minimum absolute atomic E-state index is 0.0455. The van der Waals surface area contributed by atoms with Crippen LogP contribution in [-0.4, -0.2) is 35.9 Å². The van der Waals surface area contributed by atoms with Gasteiger partial charge in [0.1, 0.15) is 5.69 Å². The van der Waals surface area contributed by atoms with Gasteiger partial charge in [-0.15, -0.1) is 0 Å². The number of aromatic nitrogens is 1. The van der Waals surface area contributed by atoms with Crippen LogP contribution in [-0.2, 0) is 0 Å². The Morgan fingerprint density at radius 2 is 2.00 bits per heavy atom. The van der Waals surface area contributed by atoms with E-state index in [-0.39, 0.29) is 5.91 Å². The number of carbonyl (C=O) groups is 1. The number of nitrogens with zero attached hydrogens (tertiary/aromatic N) is 2. The molecular formula is C17H21N3O. The van der Waals surface area contributed by atoms with Gasteiger partial charge in [0.15, 0.2) is 0 Å². The highest BCUT2D eigenvalue weighted by Crippen LogP contribution is 2.24. The van der Waals surface area contributed by atoms with Crippen molar-refractivity contribution in [2.45, 2.75) is 19.8 Å². The van der Waals surface area contributed by atoms with E-state index in [4.69, 9.17) is 0 Å². The lowest BCUT2D eigenvalue weighted by atomic mass is 9.99. The number of carbonyl (C=O) groups excluding carboxylic acids is 1. The number of hydrogen-bond acceptors (Lipinski definition) is 3. The Balaban J connectivity index is 1.94. The number of pyridine rings is 1. The van der Waals surface area contributed by atoms with E-state index in [1.165, 1.54) is 0 Å². The SMILES string of the molecule is CNc1cc(C(=O)N2CCC(C)CC2)nc2ccccc12. The van der Waals surface area contributed by atoms with E-state index in [0.717, 1.165) is 42.5 Å². The summed E-state index contributed by atoms with van der Waals surface area (Å²) in [6.45, 7) is 3.92. The van der Waals surface area contributed by atoms with Crippen molar-refractivity contribution in [1.29, 1.82) is 0 Å². The molecule has 1 aromatic heterocycles. The Morgan fingerprint density at radius 1 is 1.29 bits per heavy atom. The monoisotopic (exact) mass is 283 g/mol. The van der Waals surface area contributed by atoms with E-state index >= 15 is 0 Å². The van der Waals surface area contributed by atoms with Crippen LogP contribution in [0.4, 0.5) is 5.69 Å². The molecule has 1 aromatic carbocycles. The Morgan fingerprint density at radius 3 is 2.71 bits per heavy atom. The van der Waals surface area contributed by atoms with Gasteiger partial charge in [-0.3, -0.25) is 4.79 Å². The maximum Gasteiger partial charge on any atom is 0.272 e. The minimum Gasteiger partial charge on any atom is -0.388 e. The molecule has 0 unspecified atom stereocenters. The number of rotatable bonds is 2. The van der Waals surface area contributed by atoms with Crippen LogP contribution < -0.4 is 5.32 Å². The zero-order chi connectivity index (χ0) is 14.8. The van der Waals surface area contributed by atoms with Crippen molar-refractivity contribution in [2.24, 2.45) is 5.92 Å². The van der Waals surface area contributed by atoms with Gasteiger partial charge < -0.3 is 10.2 Å². The maximum atomic E-state index is 12.7. The number of nitrogens with one attached hydrogen (secondary N) is 1. The maximum absolute atomic E-state index is 12.7. The van der Waals surface area contributed by atoms with Crippen LogP contribution >= 0.6 is 0 Å². The molecular weight excluding hydrogens is 262 g/mol. The number of para-hydroxylation sites is 1. The van der Waals surface area contributed by atoms with Crippen LogP contribution in [0.2, 0.25) is 0 Å². The minimum atomic E-state index is 0.0455. The molecule has 4 heteroatoms. The molecule has 1 aliphatic heterocycles. The fourth-order valence-electron chi connectivity index (χ4n) is 2.87. The second-order valence-corrected chi connectivity index (χ2v) is 5.80. The smallest absolute Gasteiger partial charge is 0.272 e. The first kappa shape index (κ1) is 13.9. The van der Waals surface area contributed by atoms with Crippen molar-refractivity contribution in [3.05, 3.63) is 36.0 Å². The molecule has 0 radical (unpaired) electrons. The zero-order valence-corrected chi connectivity index (χ0v) is 12.6. The largest absolute Gasteiger partial charge is 0.388 e. The van der Waals surface area contributed by atoms with Crippen molar-refractivity contribution in [3.8, 4) is 0 Å². The number of amides is 1. The number of hydrogen-bond donors (Lipinski definition) is 1. The van der Waals surface area contributed by atoms with Crippen LogP contribution in [0.5, 0.6) is 0 Å². The molecule has 0 saturated carbocycles. The van der Waals surface area contributed by atoms with Crippen molar-refractivity contribution in [2.75, 3.05) is 25.5 Å². The summed E-state index contributed by atoms with van der Waals surface area (Å²) < 4.78 is 0.